The SMILES string of the molecule is C=Cc1nc(C(N)=O)c(N)c(-c2c(C)ccc(O)c2C)c1N=C. The maximum atomic E-state index is 11.7. The fraction of sp³-hybridized carbons (Fsp3) is 0.118. The number of hydrogen-bond acceptors (Lipinski definition) is 5. The van der Waals surface area contributed by atoms with E-state index in [2.05, 4.69) is 23.3 Å². The number of rotatable bonds is 4. The first-order valence-electron chi connectivity index (χ1n) is 6.85. The highest BCUT2D eigenvalue weighted by molar-refractivity contribution is 6.04. The summed E-state index contributed by atoms with van der Waals surface area (Å²) in [7, 11) is 0. The molecule has 23 heavy (non-hydrogen) atoms. The van der Waals surface area contributed by atoms with Crippen molar-refractivity contribution in [3.05, 3.63) is 41.2 Å². The van der Waals surface area contributed by atoms with Crippen LogP contribution in [0.5, 0.6) is 5.75 Å². The van der Waals surface area contributed by atoms with E-state index in [1.54, 1.807) is 19.1 Å². The third-order valence-corrected chi connectivity index (χ3v) is 3.72. The highest BCUT2D eigenvalue weighted by Crippen LogP contribution is 2.43. The number of nitrogens with two attached hydrogens (primary N) is 2. The number of carbonyl (C=O) groups excluding carboxylic acids is 1. The third kappa shape index (κ3) is 2.55. The second-order valence-electron chi connectivity index (χ2n) is 5.11. The predicted molar refractivity (Wildman–Crippen MR) is 93.0 cm³/mol. The lowest BCUT2D eigenvalue weighted by Gasteiger charge is -2.18. The zero-order valence-corrected chi connectivity index (χ0v) is 13.1. The maximum absolute atomic E-state index is 11.7. The van der Waals surface area contributed by atoms with E-state index in [1.807, 2.05) is 6.92 Å². The number of hydrogen-bond donors (Lipinski definition) is 3. The van der Waals surface area contributed by atoms with Crippen LogP contribution in [-0.2, 0) is 0 Å². The number of phenols is 1. The molecule has 0 saturated heterocycles. The predicted octanol–water partition coefficient (Wildman–Crippen LogP) is 2.73. The molecule has 1 aromatic carbocycles. The topological polar surface area (TPSA) is 115 Å². The highest BCUT2D eigenvalue weighted by atomic mass is 16.3. The van der Waals surface area contributed by atoms with Crippen LogP contribution in [0.25, 0.3) is 17.2 Å². The molecule has 2 rings (SSSR count). The van der Waals surface area contributed by atoms with E-state index in [9.17, 15) is 9.90 Å². The summed E-state index contributed by atoms with van der Waals surface area (Å²) >= 11 is 0. The Balaban J connectivity index is 3.05. The largest absolute Gasteiger partial charge is 0.508 e. The summed E-state index contributed by atoms with van der Waals surface area (Å²) in [5, 5.41) is 10.0. The van der Waals surface area contributed by atoms with Gasteiger partial charge in [-0.25, -0.2) is 4.98 Å². The van der Waals surface area contributed by atoms with Crippen molar-refractivity contribution in [1.29, 1.82) is 0 Å². The molecule has 0 radical (unpaired) electrons. The van der Waals surface area contributed by atoms with Gasteiger partial charge in [-0.15, -0.1) is 0 Å². The molecule has 0 fully saturated rings. The monoisotopic (exact) mass is 310 g/mol. The molecule has 0 aliphatic heterocycles. The van der Waals surface area contributed by atoms with E-state index < -0.39 is 5.91 Å². The van der Waals surface area contributed by atoms with Gasteiger partial charge in [0.2, 0.25) is 0 Å². The lowest BCUT2D eigenvalue weighted by molar-refractivity contribution is 0.0996. The van der Waals surface area contributed by atoms with E-state index in [0.29, 0.717) is 28.1 Å². The molecule has 0 aliphatic carbocycles. The van der Waals surface area contributed by atoms with Crippen molar-refractivity contribution in [3.8, 4) is 16.9 Å². The van der Waals surface area contributed by atoms with Gasteiger partial charge in [-0.2, -0.15) is 0 Å². The van der Waals surface area contributed by atoms with Crippen LogP contribution in [0.4, 0.5) is 11.4 Å². The quantitative estimate of drug-likeness (QED) is 0.753. The van der Waals surface area contributed by atoms with Crippen LogP contribution < -0.4 is 11.5 Å². The molecule has 1 heterocycles. The van der Waals surface area contributed by atoms with Crippen molar-refractivity contribution in [2.24, 2.45) is 10.7 Å². The maximum Gasteiger partial charge on any atom is 0.269 e. The Bertz CT molecular complexity index is 841. The van der Waals surface area contributed by atoms with Crippen LogP contribution in [0.3, 0.4) is 0 Å². The first kappa shape index (κ1) is 16.2. The molecule has 0 unspecified atom stereocenters. The van der Waals surface area contributed by atoms with Gasteiger partial charge < -0.3 is 16.6 Å². The van der Waals surface area contributed by atoms with Crippen molar-refractivity contribution in [1.82, 2.24) is 4.98 Å². The highest BCUT2D eigenvalue weighted by Gasteiger charge is 2.23. The Labute approximate surface area is 134 Å². The molecule has 0 bridgehead atoms. The number of aromatic hydroxyl groups is 1. The number of amides is 1. The summed E-state index contributed by atoms with van der Waals surface area (Å²) in [6.45, 7) is 10.8. The molecule has 6 nitrogen and oxygen atoms in total. The van der Waals surface area contributed by atoms with Crippen LogP contribution in [0.15, 0.2) is 23.7 Å². The van der Waals surface area contributed by atoms with Gasteiger partial charge in [0.25, 0.3) is 5.91 Å². The number of benzene rings is 1. The molecular weight excluding hydrogens is 292 g/mol. The van der Waals surface area contributed by atoms with Gasteiger partial charge in [0.1, 0.15) is 5.75 Å². The summed E-state index contributed by atoms with van der Waals surface area (Å²) < 4.78 is 0. The van der Waals surface area contributed by atoms with Gasteiger partial charge in [-0.3, -0.25) is 9.79 Å². The Morgan fingerprint density at radius 2 is 2.00 bits per heavy atom. The summed E-state index contributed by atoms with van der Waals surface area (Å²) in [6, 6.07) is 3.35. The first-order chi connectivity index (χ1) is 10.8. The number of aliphatic imine (C=N–C) groups is 1. The van der Waals surface area contributed by atoms with E-state index in [0.717, 1.165) is 5.56 Å². The van der Waals surface area contributed by atoms with Crippen LogP contribution in [0.1, 0.15) is 27.3 Å². The third-order valence-electron chi connectivity index (χ3n) is 3.72. The number of pyridine rings is 1. The van der Waals surface area contributed by atoms with Crippen LogP contribution in [0.2, 0.25) is 0 Å². The molecule has 0 aliphatic rings. The van der Waals surface area contributed by atoms with E-state index in [4.69, 9.17) is 11.5 Å². The first-order valence-corrected chi connectivity index (χ1v) is 6.85. The van der Waals surface area contributed by atoms with Crippen molar-refractivity contribution in [2.75, 3.05) is 5.73 Å². The zero-order chi connectivity index (χ0) is 17.3. The lowest BCUT2D eigenvalue weighted by atomic mass is 9.91. The number of aryl methyl sites for hydroxylation is 1. The average molecular weight is 310 g/mol. The fourth-order valence-electron chi connectivity index (χ4n) is 2.57. The molecule has 2 aromatic rings. The van der Waals surface area contributed by atoms with Crippen molar-refractivity contribution in [3.63, 3.8) is 0 Å². The standard InChI is InChI=1S/C17H18N4O2/c1-5-10-15(20-4)13(14(18)16(21-10)17(19)23)12-8(2)6-7-11(22)9(12)3/h5-7,22H,1,4,18H2,2-3H3,(H2,19,23). The molecule has 1 amide bonds. The second-order valence-corrected chi connectivity index (χ2v) is 5.11. The molecular formula is C17H18N4O2. The molecule has 6 heteroatoms. The number of aromatic nitrogens is 1. The van der Waals surface area contributed by atoms with Crippen molar-refractivity contribution >= 4 is 30.1 Å². The molecule has 0 spiro atoms. The smallest absolute Gasteiger partial charge is 0.269 e. The van der Waals surface area contributed by atoms with Gasteiger partial charge in [0.15, 0.2) is 5.69 Å². The molecule has 1 aromatic heterocycles. The van der Waals surface area contributed by atoms with Gasteiger partial charge in [0, 0.05) is 5.56 Å². The Morgan fingerprint density at radius 3 is 2.52 bits per heavy atom. The lowest BCUT2D eigenvalue weighted by Crippen LogP contribution is -2.17. The van der Waals surface area contributed by atoms with Crippen molar-refractivity contribution < 1.29 is 9.90 Å². The number of nitrogen functional groups attached to an aromatic ring is 1. The van der Waals surface area contributed by atoms with E-state index in [-0.39, 0.29) is 17.1 Å². The van der Waals surface area contributed by atoms with E-state index in [1.165, 1.54) is 6.08 Å². The van der Waals surface area contributed by atoms with Gasteiger partial charge >= 0.3 is 0 Å². The van der Waals surface area contributed by atoms with Crippen LogP contribution >= 0.6 is 0 Å². The minimum absolute atomic E-state index is 0.0653. The summed E-state index contributed by atoms with van der Waals surface area (Å²) in [6.07, 6.45) is 1.45. The van der Waals surface area contributed by atoms with Gasteiger partial charge in [0.05, 0.1) is 17.1 Å². The van der Waals surface area contributed by atoms with Crippen molar-refractivity contribution in [2.45, 2.75) is 13.8 Å². The average Bonchev–Trinajstić information content (AvgIpc) is 2.51. The minimum Gasteiger partial charge on any atom is -0.508 e. The number of anilines is 1. The molecule has 5 N–H and O–H groups in total. The van der Waals surface area contributed by atoms with Crippen LogP contribution in [0, 0.1) is 13.8 Å². The Kier molecular flexibility index (Phi) is 4.18. The zero-order valence-electron chi connectivity index (χ0n) is 13.1. The molecule has 118 valence electrons. The van der Waals surface area contributed by atoms with Gasteiger partial charge in [-0.05, 0) is 49.4 Å². The Morgan fingerprint density at radius 1 is 1.35 bits per heavy atom. The second kappa shape index (κ2) is 5.92. The number of primary amides is 1. The Hall–Kier alpha value is -3.15. The number of phenolic OH excluding ortho intramolecular Hbond substituents is 1. The number of carbonyl (C=O) groups is 1. The number of nitrogens with zero attached hydrogens (tertiary/aromatic N) is 2. The summed E-state index contributed by atoms with van der Waals surface area (Å²) in [5.41, 5.74) is 14.9. The normalized spacial score (nSPS) is 10.3. The summed E-state index contributed by atoms with van der Waals surface area (Å²) in [4.78, 5) is 19.8. The molecule has 0 atom stereocenters. The minimum atomic E-state index is -0.752. The van der Waals surface area contributed by atoms with Gasteiger partial charge in [-0.1, -0.05) is 12.6 Å². The fourth-order valence-corrected chi connectivity index (χ4v) is 2.57. The molecule has 0 saturated carbocycles. The van der Waals surface area contributed by atoms with Crippen LogP contribution in [-0.4, -0.2) is 22.7 Å². The summed E-state index contributed by atoms with van der Waals surface area (Å²) in [5.74, 6) is -0.643. The van der Waals surface area contributed by atoms with E-state index >= 15 is 0 Å².